The summed E-state index contributed by atoms with van der Waals surface area (Å²) in [5.41, 5.74) is 0.968. The third-order valence-corrected chi connectivity index (χ3v) is 4.41. The molecule has 0 aromatic heterocycles. The van der Waals surface area contributed by atoms with Gasteiger partial charge in [0.2, 0.25) is 0 Å². The van der Waals surface area contributed by atoms with Crippen LogP contribution in [0, 0.1) is 17.1 Å². The molecule has 160 valence electrons. The maximum atomic E-state index is 13.6. The van der Waals surface area contributed by atoms with Crippen molar-refractivity contribution in [2.75, 3.05) is 17.2 Å². The number of hydrogen-bond donors (Lipinski definition) is 2. The van der Waals surface area contributed by atoms with Gasteiger partial charge in [-0.3, -0.25) is 9.59 Å². The van der Waals surface area contributed by atoms with E-state index in [4.69, 9.17) is 16.3 Å². The molecule has 0 atom stereocenters. The van der Waals surface area contributed by atoms with E-state index in [0.29, 0.717) is 22.0 Å². The van der Waals surface area contributed by atoms with Crippen molar-refractivity contribution in [2.24, 2.45) is 0 Å². The molecule has 0 bridgehead atoms. The van der Waals surface area contributed by atoms with Crippen LogP contribution in [-0.2, 0) is 9.59 Å². The number of halogens is 2. The first kappa shape index (κ1) is 22.5. The number of benzene rings is 3. The monoisotopic (exact) mass is 449 g/mol. The molecule has 0 aliphatic carbocycles. The van der Waals surface area contributed by atoms with Crippen molar-refractivity contribution in [3.63, 3.8) is 0 Å². The van der Waals surface area contributed by atoms with E-state index in [9.17, 15) is 19.2 Å². The Morgan fingerprint density at radius 2 is 1.78 bits per heavy atom. The number of nitrogens with one attached hydrogen (secondary N) is 2. The molecule has 0 aliphatic heterocycles. The van der Waals surface area contributed by atoms with Crippen LogP contribution in [0.3, 0.4) is 0 Å². The molecule has 0 heterocycles. The number of para-hydroxylation sites is 1. The lowest BCUT2D eigenvalue weighted by molar-refractivity contribution is -0.118. The summed E-state index contributed by atoms with van der Waals surface area (Å²) in [5, 5.41) is 14.9. The second-order valence-electron chi connectivity index (χ2n) is 6.52. The first-order valence-electron chi connectivity index (χ1n) is 9.40. The third kappa shape index (κ3) is 6.42. The number of ether oxygens (including phenoxy) is 1. The number of nitrogens with zero attached hydrogens (tertiary/aromatic N) is 1. The summed E-state index contributed by atoms with van der Waals surface area (Å²) in [6.07, 6.45) is 1.40. The molecular formula is C24H17ClFN3O3. The van der Waals surface area contributed by atoms with E-state index in [1.807, 2.05) is 6.07 Å². The van der Waals surface area contributed by atoms with Crippen LogP contribution in [-0.4, -0.2) is 18.4 Å². The molecule has 3 aromatic carbocycles. The molecule has 6 nitrogen and oxygen atoms in total. The SMILES string of the molecule is N#C/C(=C/c1cccc(OCC(=O)Nc2ccccc2F)c1)C(=O)Nc1ccc(Cl)cc1. The quantitative estimate of drug-likeness (QED) is 0.390. The minimum absolute atomic E-state index is 0.0585. The number of carbonyl (C=O) groups excluding carboxylic acids is 2. The molecule has 0 radical (unpaired) electrons. The molecule has 0 aliphatic rings. The van der Waals surface area contributed by atoms with Gasteiger partial charge in [-0.2, -0.15) is 5.26 Å². The normalized spacial score (nSPS) is 10.7. The molecule has 2 N–H and O–H groups in total. The van der Waals surface area contributed by atoms with Gasteiger partial charge in [0.25, 0.3) is 11.8 Å². The second-order valence-corrected chi connectivity index (χ2v) is 6.96. The average molecular weight is 450 g/mol. The van der Waals surface area contributed by atoms with Crippen molar-refractivity contribution < 1.29 is 18.7 Å². The number of carbonyl (C=O) groups is 2. The summed E-state index contributed by atoms with van der Waals surface area (Å²) in [4.78, 5) is 24.4. The van der Waals surface area contributed by atoms with Crippen molar-refractivity contribution in [3.8, 4) is 11.8 Å². The molecule has 3 aromatic rings. The van der Waals surface area contributed by atoms with Gasteiger partial charge >= 0.3 is 0 Å². The van der Waals surface area contributed by atoms with Crippen molar-refractivity contribution in [2.45, 2.75) is 0 Å². The second kappa shape index (κ2) is 10.8. The summed E-state index contributed by atoms with van der Waals surface area (Å²) in [7, 11) is 0. The van der Waals surface area contributed by atoms with Gasteiger partial charge < -0.3 is 15.4 Å². The number of rotatable bonds is 7. The maximum absolute atomic E-state index is 13.6. The Labute approximate surface area is 188 Å². The highest BCUT2D eigenvalue weighted by Gasteiger charge is 2.11. The van der Waals surface area contributed by atoms with E-state index in [1.165, 1.54) is 24.3 Å². The van der Waals surface area contributed by atoms with Crippen molar-refractivity contribution in [1.29, 1.82) is 5.26 Å². The Bertz CT molecular complexity index is 1200. The highest BCUT2D eigenvalue weighted by Crippen LogP contribution is 2.18. The molecule has 2 amide bonds. The van der Waals surface area contributed by atoms with Crippen LogP contribution in [0.4, 0.5) is 15.8 Å². The van der Waals surface area contributed by atoms with Gasteiger partial charge in [-0.1, -0.05) is 35.9 Å². The molecule has 0 fully saturated rings. The van der Waals surface area contributed by atoms with E-state index in [0.717, 1.165) is 0 Å². The van der Waals surface area contributed by atoms with Crippen molar-refractivity contribution in [1.82, 2.24) is 0 Å². The van der Waals surface area contributed by atoms with Crippen LogP contribution in [0.5, 0.6) is 5.75 Å². The van der Waals surface area contributed by atoms with Gasteiger partial charge in [0.05, 0.1) is 5.69 Å². The number of nitriles is 1. The maximum Gasteiger partial charge on any atom is 0.266 e. The Balaban J connectivity index is 1.63. The summed E-state index contributed by atoms with van der Waals surface area (Å²) >= 11 is 5.82. The lowest BCUT2D eigenvalue weighted by atomic mass is 10.1. The predicted octanol–water partition coefficient (Wildman–Crippen LogP) is 5.04. The zero-order valence-electron chi connectivity index (χ0n) is 16.6. The van der Waals surface area contributed by atoms with Crippen molar-refractivity contribution in [3.05, 3.63) is 94.8 Å². The molecule has 0 saturated heterocycles. The molecule has 8 heteroatoms. The average Bonchev–Trinajstić information content (AvgIpc) is 2.79. The van der Waals surface area contributed by atoms with E-state index >= 15 is 0 Å². The topological polar surface area (TPSA) is 91.2 Å². The number of anilines is 2. The molecule has 0 unspecified atom stereocenters. The smallest absolute Gasteiger partial charge is 0.266 e. The molecule has 3 rings (SSSR count). The zero-order valence-corrected chi connectivity index (χ0v) is 17.4. The fourth-order valence-electron chi connectivity index (χ4n) is 2.64. The standard InChI is InChI=1S/C24H17ClFN3O3/c25-18-8-10-19(11-9-18)28-24(31)17(14-27)12-16-4-3-5-20(13-16)32-15-23(30)29-22-7-2-1-6-21(22)26/h1-13H,15H2,(H,28,31)(H,29,30)/b17-12-. The van der Waals surface area contributed by atoms with E-state index < -0.39 is 17.6 Å². The van der Waals surface area contributed by atoms with Gasteiger partial charge in [0.15, 0.2) is 6.61 Å². The minimum Gasteiger partial charge on any atom is -0.484 e. The number of hydrogen-bond acceptors (Lipinski definition) is 4. The van der Waals surface area contributed by atoms with Gasteiger partial charge in [-0.05, 0) is 60.2 Å². The highest BCUT2D eigenvalue weighted by molar-refractivity contribution is 6.30. The van der Waals surface area contributed by atoms with Crippen LogP contribution < -0.4 is 15.4 Å². The largest absolute Gasteiger partial charge is 0.484 e. The lowest BCUT2D eigenvalue weighted by Crippen LogP contribution is -2.20. The fraction of sp³-hybridized carbons (Fsp3) is 0.0417. The zero-order chi connectivity index (χ0) is 22.9. The van der Waals surface area contributed by atoms with Crippen molar-refractivity contribution >= 4 is 40.9 Å². The van der Waals surface area contributed by atoms with Crippen LogP contribution in [0.2, 0.25) is 5.02 Å². The summed E-state index contributed by atoms with van der Waals surface area (Å²) in [5.74, 6) is -1.31. The Morgan fingerprint density at radius 1 is 1.03 bits per heavy atom. The molecule has 0 spiro atoms. The predicted molar refractivity (Wildman–Crippen MR) is 121 cm³/mol. The molecular weight excluding hydrogens is 433 g/mol. The third-order valence-electron chi connectivity index (χ3n) is 4.15. The Kier molecular flexibility index (Phi) is 7.57. The van der Waals surface area contributed by atoms with E-state index in [1.54, 1.807) is 54.6 Å². The highest BCUT2D eigenvalue weighted by atomic mass is 35.5. The van der Waals surface area contributed by atoms with Crippen LogP contribution in [0.15, 0.2) is 78.4 Å². The lowest BCUT2D eigenvalue weighted by Gasteiger charge is -2.09. The number of amides is 2. The summed E-state index contributed by atoms with van der Waals surface area (Å²) in [6.45, 7) is -0.344. The fourth-order valence-corrected chi connectivity index (χ4v) is 2.76. The van der Waals surface area contributed by atoms with Crippen LogP contribution in [0.25, 0.3) is 6.08 Å². The van der Waals surface area contributed by atoms with Gasteiger partial charge in [-0.15, -0.1) is 0 Å². The molecule has 32 heavy (non-hydrogen) atoms. The van der Waals surface area contributed by atoms with Gasteiger partial charge in [0.1, 0.15) is 23.2 Å². The van der Waals surface area contributed by atoms with Gasteiger partial charge in [-0.25, -0.2) is 4.39 Å². The minimum atomic E-state index is -0.578. The summed E-state index contributed by atoms with van der Waals surface area (Å²) < 4.78 is 19.1. The van der Waals surface area contributed by atoms with E-state index in [2.05, 4.69) is 10.6 Å². The van der Waals surface area contributed by atoms with E-state index in [-0.39, 0.29) is 17.9 Å². The Hall–Kier alpha value is -4.15. The first-order valence-corrected chi connectivity index (χ1v) is 9.78. The van der Waals surface area contributed by atoms with Crippen LogP contribution in [0.1, 0.15) is 5.56 Å². The van der Waals surface area contributed by atoms with Crippen LogP contribution >= 0.6 is 11.6 Å². The van der Waals surface area contributed by atoms with Gasteiger partial charge in [0, 0.05) is 10.7 Å². The summed E-state index contributed by atoms with van der Waals surface area (Å²) in [6, 6.07) is 20.7. The first-order chi connectivity index (χ1) is 15.4. The molecule has 0 saturated carbocycles. The Morgan fingerprint density at radius 3 is 2.50 bits per heavy atom.